The monoisotopic (exact) mass is 334 g/mol. The van der Waals surface area contributed by atoms with Gasteiger partial charge in [0, 0.05) is 13.0 Å². The molecule has 2 aromatic rings. The molecule has 0 saturated heterocycles. The molecular weight excluding hydrogens is 308 g/mol. The Bertz CT molecular complexity index is 719. The summed E-state index contributed by atoms with van der Waals surface area (Å²) in [5, 5.41) is 20.3. The van der Waals surface area contributed by atoms with Crippen molar-refractivity contribution in [2.45, 2.75) is 38.3 Å². The maximum atomic E-state index is 10.6. The van der Waals surface area contributed by atoms with Gasteiger partial charge in [-0.2, -0.15) is 5.26 Å². The summed E-state index contributed by atoms with van der Waals surface area (Å²) in [4.78, 5) is 1.86. The number of aliphatic hydroxyl groups excluding tert-OH is 1. The number of nitriles is 1. The summed E-state index contributed by atoms with van der Waals surface area (Å²) >= 11 is 0. The first-order valence-electron chi connectivity index (χ1n) is 8.71. The number of rotatable bonds is 7. The Morgan fingerprint density at radius 3 is 2.08 bits per heavy atom. The van der Waals surface area contributed by atoms with Gasteiger partial charge in [-0.3, -0.25) is 0 Å². The summed E-state index contributed by atoms with van der Waals surface area (Å²) in [7, 11) is 1.86. The summed E-state index contributed by atoms with van der Waals surface area (Å²) in [5.41, 5.74) is 2.63. The number of nitrogens with zero attached hydrogens (tertiary/aromatic N) is 2. The van der Waals surface area contributed by atoms with Crippen LogP contribution in [0, 0.1) is 11.3 Å². The highest BCUT2D eigenvalue weighted by Crippen LogP contribution is 2.26. The van der Waals surface area contributed by atoms with Crippen LogP contribution in [0.2, 0.25) is 0 Å². The third-order valence-corrected chi connectivity index (χ3v) is 4.73. The Hall–Kier alpha value is -2.57. The third-order valence-electron chi connectivity index (χ3n) is 4.73. The van der Waals surface area contributed by atoms with E-state index in [0.29, 0.717) is 5.70 Å². The lowest BCUT2D eigenvalue weighted by Crippen LogP contribution is -2.33. The molecule has 0 aliphatic rings. The zero-order valence-corrected chi connectivity index (χ0v) is 15.1. The molecule has 0 heterocycles. The molecule has 3 unspecified atom stereocenters. The Morgan fingerprint density at radius 2 is 1.60 bits per heavy atom. The summed E-state index contributed by atoms with van der Waals surface area (Å²) in [6.45, 7) is 4.05. The van der Waals surface area contributed by atoms with Crippen molar-refractivity contribution >= 4 is 0 Å². The molecule has 0 aliphatic carbocycles. The van der Waals surface area contributed by atoms with E-state index in [0.717, 1.165) is 12.0 Å². The first kappa shape index (κ1) is 18.8. The van der Waals surface area contributed by atoms with Crippen molar-refractivity contribution in [1.29, 1.82) is 5.26 Å². The van der Waals surface area contributed by atoms with Crippen molar-refractivity contribution in [1.82, 2.24) is 4.90 Å². The first-order valence-corrected chi connectivity index (χ1v) is 8.71. The number of hydrogen-bond donors (Lipinski definition) is 1. The molecule has 3 atom stereocenters. The SMILES string of the molecule is CCC(/C=C(\C#N)N(C)C(C)C(O)c1ccccc1)c1ccccc1. The quantitative estimate of drug-likeness (QED) is 0.750. The molecular formula is C22H26N2O. The van der Waals surface area contributed by atoms with Gasteiger partial charge >= 0.3 is 0 Å². The van der Waals surface area contributed by atoms with E-state index in [4.69, 9.17) is 0 Å². The minimum atomic E-state index is -0.653. The molecule has 1 N–H and O–H groups in total. The molecule has 130 valence electrons. The zero-order chi connectivity index (χ0) is 18.2. The molecule has 0 aliphatic heterocycles. The van der Waals surface area contributed by atoms with E-state index >= 15 is 0 Å². The molecule has 3 heteroatoms. The van der Waals surface area contributed by atoms with Crippen LogP contribution < -0.4 is 0 Å². The van der Waals surface area contributed by atoms with E-state index in [1.165, 1.54) is 5.56 Å². The van der Waals surface area contributed by atoms with Gasteiger partial charge in [0.1, 0.15) is 11.8 Å². The second kappa shape index (κ2) is 9.05. The van der Waals surface area contributed by atoms with Gasteiger partial charge < -0.3 is 10.0 Å². The highest BCUT2D eigenvalue weighted by molar-refractivity contribution is 5.30. The molecule has 25 heavy (non-hydrogen) atoms. The zero-order valence-electron chi connectivity index (χ0n) is 15.1. The standard InChI is InChI=1S/C22H26N2O/c1-4-18(19-11-7-5-8-12-19)15-21(16-23)24(3)17(2)22(25)20-13-9-6-10-14-20/h5-15,17-18,22,25H,4H2,1-3H3/b21-15+. The predicted octanol–water partition coefficient (Wildman–Crippen LogP) is 4.64. The topological polar surface area (TPSA) is 47.3 Å². The van der Waals surface area contributed by atoms with Crippen molar-refractivity contribution in [2.24, 2.45) is 0 Å². The van der Waals surface area contributed by atoms with Gasteiger partial charge in [-0.05, 0) is 30.5 Å². The molecule has 0 aromatic heterocycles. The minimum absolute atomic E-state index is 0.180. The largest absolute Gasteiger partial charge is 0.386 e. The highest BCUT2D eigenvalue weighted by atomic mass is 16.3. The van der Waals surface area contributed by atoms with Crippen molar-refractivity contribution < 1.29 is 5.11 Å². The molecule has 0 saturated carbocycles. The summed E-state index contributed by atoms with van der Waals surface area (Å²) in [6.07, 6.45) is 2.27. The maximum absolute atomic E-state index is 10.6. The Balaban J connectivity index is 2.22. The van der Waals surface area contributed by atoms with E-state index in [1.807, 2.05) is 73.5 Å². The number of benzene rings is 2. The van der Waals surface area contributed by atoms with Crippen LogP contribution in [-0.4, -0.2) is 23.1 Å². The number of allylic oxidation sites excluding steroid dienone is 2. The van der Waals surface area contributed by atoms with Crippen LogP contribution in [-0.2, 0) is 0 Å². The van der Waals surface area contributed by atoms with Crippen LogP contribution in [0.25, 0.3) is 0 Å². The van der Waals surface area contributed by atoms with Crippen LogP contribution in [0.1, 0.15) is 43.4 Å². The number of hydrogen-bond acceptors (Lipinski definition) is 3. The smallest absolute Gasteiger partial charge is 0.117 e. The van der Waals surface area contributed by atoms with Gasteiger partial charge in [-0.1, -0.05) is 67.6 Å². The molecule has 0 fully saturated rings. The first-order chi connectivity index (χ1) is 12.1. The fourth-order valence-electron chi connectivity index (χ4n) is 2.93. The average Bonchev–Trinajstić information content (AvgIpc) is 2.68. The average molecular weight is 334 g/mol. The molecule has 2 aromatic carbocycles. The molecule has 3 nitrogen and oxygen atoms in total. The Labute approximate surface area is 150 Å². The van der Waals surface area contributed by atoms with Crippen molar-refractivity contribution in [3.05, 3.63) is 83.6 Å². The van der Waals surface area contributed by atoms with Gasteiger partial charge in [0.15, 0.2) is 0 Å². The van der Waals surface area contributed by atoms with E-state index < -0.39 is 6.10 Å². The van der Waals surface area contributed by atoms with E-state index in [-0.39, 0.29) is 12.0 Å². The van der Waals surface area contributed by atoms with Crippen LogP contribution in [0.4, 0.5) is 0 Å². The lowest BCUT2D eigenvalue weighted by atomic mass is 9.95. The van der Waals surface area contributed by atoms with Crippen LogP contribution in [0.5, 0.6) is 0 Å². The van der Waals surface area contributed by atoms with Crippen molar-refractivity contribution in [3.63, 3.8) is 0 Å². The van der Waals surface area contributed by atoms with Crippen LogP contribution >= 0.6 is 0 Å². The molecule has 0 bridgehead atoms. The summed E-state index contributed by atoms with van der Waals surface area (Å²) < 4.78 is 0. The maximum Gasteiger partial charge on any atom is 0.117 e. The Kier molecular flexibility index (Phi) is 6.80. The lowest BCUT2D eigenvalue weighted by Gasteiger charge is -2.31. The van der Waals surface area contributed by atoms with Crippen LogP contribution in [0.3, 0.4) is 0 Å². The van der Waals surface area contributed by atoms with Crippen molar-refractivity contribution in [3.8, 4) is 6.07 Å². The molecule has 0 spiro atoms. The predicted molar refractivity (Wildman–Crippen MR) is 102 cm³/mol. The number of likely N-dealkylation sites (N-methyl/N-ethyl adjacent to an activating group) is 1. The fourth-order valence-corrected chi connectivity index (χ4v) is 2.93. The number of aliphatic hydroxyl groups is 1. The molecule has 0 amide bonds. The van der Waals surface area contributed by atoms with Gasteiger partial charge in [-0.25, -0.2) is 0 Å². The molecule has 0 radical (unpaired) electrons. The summed E-state index contributed by atoms with van der Waals surface area (Å²) in [5.74, 6) is 0.180. The van der Waals surface area contributed by atoms with Gasteiger partial charge in [-0.15, -0.1) is 0 Å². The third kappa shape index (κ3) is 4.71. The van der Waals surface area contributed by atoms with Gasteiger partial charge in [0.2, 0.25) is 0 Å². The van der Waals surface area contributed by atoms with Crippen molar-refractivity contribution in [2.75, 3.05) is 7.05 Å². The van der Waals surface area contributed by atoms with E-state index in [2.05, 4.69) is 25.1 Å². The van der Waals surface area contributed by atoms with Gasteiger partial charge in [0.25, 0.3) is 0 Å². The lowest BCUT2D eigenvalue weighted by molar-refractivity contribution is 0.0911. The van der Waals surface area contributed by atoms with E-state index in [1.54, 1.807) is 0 Å². The van der Waals surface area contributed by atoms with Gasteiger partial charge in [0.05, 0.1) is 12.1 Å². The second-order valence-corrected chi connectivity index (χ2v) is 6.30. The normalized spacial score (nSPS) is 15.1. The van der Waals surface area contributed by atoms with Crippen LogP contribution in [0.15, 0.2) is 72.4 Å². The second-order valence-electron chi connectivity index (χ2n) is 6.30. The fraction of sp³-hybridized carbons (Fsp3) is 0.318. The Morgan fingerprint density at radius 1 is 1.08 bits per heavy atom. The van der Waals surface area contributed by atoms with E-state index in [9.17, 15) is 10.4 Å². The highest BCUT2D eigenvalue weighted by Gasteiger charge is 2.22. The molecule has 2 rings (SSSR count). The summed E-state index contributed by atoms with van der Waals surface area (Å²) in [6, 6.07) is 21.9. The minimum Gasteiger partial charge on any atom is -0.386 e.